The lowest BCUT2D eigenvalue weighted by molar-refractivity contribution is -0.138. The number of carbonyl (C=O) groups excluding carboxylic acids is 1. The fraction of sp³-hybridized carbons (Fsp3) is 0.273. The minimum absolute atomic E-state index is 0.341. The standard InChI is InChI=1S/C11H12BrNO2S/c1-3-15-11(14)8(2)7-16-10-5-4-9(12)6-13-10/h4-6H,2-3,7H2,1H3. The van der Waals surface area contributed by atoms with Crippen LogP contribution >= 0.6 is 27.7 Å². The summed E-state index contributed by atoms with van der Waals surface area (Å²) in [7, 11) is 0. The Balaban J connectivity index is 2.42. The molecule has 0 radical (unpaired) electrons. The molecule has 1 aromatic rings. The highest BCUT2D eigenvalue weighted by molar-refractivity contribution is 9.10. The zero-order chi connectivity index (χ0) is 12.0. The number of aromatic nitrogens is 1. The molecule has 0 aliphatic heterocycles. The largest absolute Gasteiger partial charge is 0.463 e. The van der Waals surface area contributed by atoms with E-state index >= 15 is 0 Å². The molecule has 1 rings (SSSR count). The average Bonchev–Trinajstić information content (AvgIpc) is 2.28. The number of carbonyl (C=O) groups is 1. The number of thioether (sulfide) groups is 1. The predicted octanol–water partition coefficient (Wildman–Crippen LogP) is 3.06. The van der Waals surface area contributed by atoms with E-state index in [9.17, 15) is 4.79 Å². The Morgan fingerprint density at radius 2 is 2.38 bits per heavy atom. The van der Waals surface area contributed by atoms with E-state index in [0.717, 1.165) is 9.50 Å². The molecule has 0 aromatic carbocycles. The first-order valence-electron chi connectivity index (χ1n) is 4.72. The minimum atomic E-state index is -0.341. The quantitative estimate of drug-likeness (QED) is 0.476. The van der Waals surface area contributed by atoms with Gasteiger partial charge in [0.2, 0.25) is 0 Å². The van der Waals surface area contributed by atoms with Gasteiger partial charge in [-0.1, -0.05) is 6.58 Å². The molecule has 3 nitrogen and oxygen atoms in total. The van der Waals surface area contributed by atoms with E-state index in [4.69, 9.17) is 4.74 Å². The molecular formula is C11H12BrNO2S. The predicted molar refractivity (Wildman–Crippen MR) is 68.4 cm³/mol. The molecular weight excluding hydrogens is 290 g/mol. The van der Waals surface area contributed by atoms with Crippen molar-refractivity contribution in [1.29, 1.82) is 0 Å². The van der Waals surface area contributed by atoms with Crippen LogP contribution in [0.4, 0.5) is 0 Å². The summed E-state index contributed by atoms with van der Waals surface area (Å²) in [6.45, 7) is 5.82. The van der Waals surface area contributed by atoms with Crippen LogP contribution in [0.2, 0.25) is 0 Å². The molecule has 0 spiro atoms. The third-order valence-electron chi connectivity index (χ3n) is 1.66. The maximum absolute atomic E-state index is 11.3. The zero-order valence-electron chi connectivity index (χ0n) is 8.90. The van der Waals surface area contributed by atoms with Crippen LogP contribution in [0.25, 0.3) is 0 Å². The fourth-order valence-electron chi connectivity index (χ4n) is 0.901. The van der Waals surface area contributed by atoms with Gasteiger partial charge in [0, 0.05) is 22.0 Å². The molecule has 0 unspecified atom stereocenters. The Morgan fingerprint density at radius 1 is 1.62 bits per heavy atom. The number of hydrogen-bond acceptors (Lipinski definition) is 4. The second-order valence-corrected chi connectivity index (χ2v) is 4.84. The summed E-state index contributed by atoms with van der Waals surface area (Å²) in [6.07, 6.45) is 1.72. The Bertz CT molecular complexity index is 378. The van der Waals surface area contributed by atoms with E-state index in [1.165, 1.54) is 11.8 Å². The summed E-state index contributed by atoms with van der Waals surface area (Å²) in [5, 5.41) is 0.855. The minimum Gasteiger partial charge on any atom is -0.463 e. The number of ether oxygens (including phenoxy) is 1. The molecule has 0 amide bonds. The maximum Gasteiger partial charge on any atom is 0.334 e. The van der Waals surface area contributed by atoms with E-state index in [-0.39, 0.29) is 5.97 Å². The van der Waals surface area contributed by atoms with Crippen molar-refractivity contribution in [2.24, 2.45) is 0 Å². The lowest BCUT2D eigenvalue weighted by Crippen LogP contribution is -2.08. The van der Waals surface area contributed by atoms with Crippen molar-refractivity contribution in [2.75, 3.05) is 12.4 Å². The molecule has 0 aliphatic carbocycles. The van der Waals surface area contributed by atoms with Gasteiger partial charge in [-0.2, -0.15) is 0 Å². The number of hydrogen-bond donors (Lipinski definition) is 0. The average molecular weight is 302 g/mol. The summed E-state index contributed by atoms with van der Waals surface area (Å²) in [4.78, 5) is 15.4. The van der Waals surface area contributed by atoms with Crippen molar-refractivity contribution in [1.82, 2.24) is 4.98 Å². The van der Waals surface area contributed by atoms with Gasteiger partial charge in [-0.25, -0.2) is 9.78 Å². The molecule has 16 heavy (non-hydrogen) atoms. The van der Waals surface area contributed by atoms with Crippen LogP contribution in [0.3, 0.4) is 0 Å². The molecule has 86 valence electrons. The summed E-state index contributed by atoms with van der Waals surface area (Å²) in [5.74, 6) is 0.153. The van der Waals surface area contributed by atoms with Gasteiger partial charge in [0.1, 0.15) is 0 Å². The van der Waals surface area contributed by atoms with Gasteiger partial charge in [0.15, 0.2) is 0 Å². The van der Waals surface area contributed by atoms with Gasteiger partial charge in [-0.3, -0.25) is 0 Å². The highest BCUT2D eigenvalue weighted by Gasteiger charge is 2.08. The van der Waals surface area contributed by atoms with E-state index in [1.807, 2.05) is 12.1 Å². The maximum atomic E-state index is 11.3. The van der Waals surface area contributed by atoms with Crippen LogP contribution in [0.15, 0.2) is 40.0 Å². The van der Waals surface area contributed by atoms with Crippen LogP contribution in [0.1, 0.15) is 6.92 Å². The van der Waals surface area contributed by atoms with Crippen molar-refractivity contribution >= 4 is 33.7 Å². The summed E-state index contributed by atoms with van der Waals surface area (Å²) < 4.78 is 5.76. The van der Waals surface area contributed by atoms with Crippen LogP contribution < -0.4 is 0 Å². The van der Waals surface area contributed by atoms with Crippen LogP contribution in [0, 0.1) is 0 Å². The Kier molecular flexibility index (Phi) is 5.55. The molecule has 0 saturated carbocycles. The molecule has 0 fully saturated rings. The first-order chi connectivity index (χ1) is 7.63. The number of rotatable bonds is 5. The molecule has 0 bridgehead atoms. The first kappa shape index (κ1) is 13.3. The Labute approximate surface area is 107 Å². The molecule has 0 N–H and O–H groups in total. The van der Waals surface area contributed by atoms with Gasteiger partial charge in [-0.15, -0.1) is 11.8 Å². The smallest absolute Gasteiger partial charge is 0.334 e. The molecule has 5 heteroatoms. The van der Waals surface area contributed by atoms with Crippen molar-refractivity contribution in [3.63, 3.8) is 0 Å². The lowest BCUT2D eigenvalue weighted by atomic mass is 10.4. The Hall–Kier alpha value is -0.810. The summed E-state index contributed by atoms with van der Waals surface area (Å²) >= 11 is 4.76. The van der Waals surface area contributed by atoms with E-state index < -0.39 is 0 Å². The van der Waals surface area contributed by atoms with Crippen LogP contribution in [-0.2, 0) is 9.53 Å². The number of esters is 1. The topological polar surface area (TPSA) is 39.2 Å². The third kappa shape index (κ3) is 4.37. The molecule has 0 saturated heterocycles. The van der Waals surface area contributed by atoms with Crippen molar-refractivity contribution < 1.29 is 9.53 Å². The van der Waals surface area contributed by atoms with Gasteiger partial charge < -0.3 is 4.74 Å². The van der Waals surface area contributed by atoms with E-state index in [1.54, 1.807) is 13.1 Å². The number of pyridine rings is 1. The van der Waals surface area contributed by atoms with Crippen molar-refractivity contribution in [3.8, 4) is 0 Å². The Morgan fingerprint density at radius 3 is 2.94 bits per heavy atom. The van der Waals surface area contributed by atoms with Gasteiger partial charge >= 0.3 is 5.97 Å². The zero-order valence-corrected chi connectivity index (χ0v) is 11.3. The highest BCUT2D eigenvalue weighted by Crippen LogP contribution is 2.19. The van der Waals surface area contributed by atoms with Gasteiger partial charge in [-0.05, 0) is 35.0 Å². The summed E-state index contributed by atoms with van der Waals surface area (Å²) in [6, 6.07) is 3.79. The van der Waals surface area contributed by atoms with Gasteiger partial charge in [0.25, 0.3) is 0 Å². The normalized spacial score (nSPS) is 9.88. The molecule has 0 atom stereocenters. The second-order valence-electron chi connectivity index (χ2n) is 2.93. The van der Waals surface area contributed by atoms with Crippen LogP contribution in [-0.4, -0.2) is 23.3 Å². The second kappa shape index (κ2) is 6.70. The molecule has 1 aromatic heterocycles. The fourth-order valence-corrected chi connectivity index (χ4v) is 1.87. The third-order valence-corrected chi connectivity index (χ3v) is 3.16. The lowest BCUT2D eigenvalue weighted by Gasteiger charge is -2.04. The molecule has 0 aliphatic rings. The molecule has 1 heterocycles. The first-order valence-corrected chi connectivity index (χ1v) is 6.50. The highest BCUT2D eigenvalue weighted by atomic mass is 79.9. The number of halogens is 1. The SMILES string of the molecule is C=C(CSc1ccc(Br)cn1)C(=O)OCC. The van der Waals surface area contributed by atoms with E-state index in [0.29, 0.717) is 17.9 Å². The monoisotopic (exact) mass is 301 g/mol. The van der Waals surface area contributed by atoms with Crippen molar-refractivity contribution in [3.05, 3.63) is 35.0 Å². The summed E-state index contributed by atoms with van der Waals surface area (Å²) in [5.41, 5.74) is 0.455. The van der Waals surface area contributed by atoms with Gasteiger partial charge in [0.05, 0.1) is 11.6 Å². The number of nitrogens with zero attached hydrogens (tertiary/aromatic N) is 1. The van der Waals surface area contributed by atoms with E-state index in [2.05, 4.69) is 27.5 Å². The van der Waals surface area contributed by atoms with Crippen LogP contribution in [0.5, 0.6) is 0 Å². The van der Waals surface area contributed by atoms with Crippen molar-refractivity contribution in [2.45, 2.75) is 11.9 Å².